The summed E-state index contributed by atoms with van der Waals surface area (Å²) in [4.78, 5) is 0. The average molecular weight is 650 g/mol. The zero-order valence-corrected chi connectivity index (χ0v) is 27.9. The van der Waals surface area contributed by atoms with Crippen LogP contribution in [0.4, 0.5) is 0 Å². The fourth-order valence-corrected chi connectivity index (χ4v) is 4.55. The molecule has 3 aromatic rings. The number of hydrogen-bond donors (Lipinski definition) is 0. The van der Waals surface area contributed by atoms with E-state index in [4.69, 9.17) is 70.8 Å². The van der Waals surface area contributed by atoms with Crippen molar-refractivity contribution in [3.05, 3.63) is 18.2 Å². The fourth-order valence-electron chi connectivity index (χ4n) is 4.55. The van der Waals surface area contributed by atoms with Crippen LogP contribution in [0.5, 0.6) is 86.2 Å². The monoisotopic (exact) mass is 650 g/mol. The lowest BCUT2D eigenvalue weighted by molar-refractivity contribution is 0.259. The third-order valence-electron chi connectivity index (χ3n) is 6.53. The van der Waals surface area contributed by atoms with Gasteiger partial charge in [0.05, 0.1) is 85.3 Å². The lowest BCUT2D eigenvalue weighted by Gasteiger charge is -2.24. The molecule has 0 aliphatic rings. The third-order valence-corrected chi connectivity index (χ3v) is 6.53. The van der Waals surface area contributed by atoms with Crippen molar-refractivity contribution in [2.24, 2.45) is 0 Å². The van der Waals surface area contributed by atoms with Crippen molar-refractivity contribution in [2.75, 3.05) is 85.3 Å². The molecule has 0 atom stereocenters. The molecule has 0 spiro atoms. The minimum Gasteiger partial charge on any atom is -0.493 e. The lowest BCUT2D eigenvalue weighted by Crippen LogP contribution is -2.37. The van der Waals surface area contributed by atoms with E-state index in [-0.39, 0.29) is 86.2 Å². The highest BCUT2D eigenvalue weighted by Gasteiger charge is 2.38. The van der Waals surface area contributed by atoms with Crippen molar-refractivity contribution in [2.45, 2.75) is 0 Å². The van der Waals surface area contributed by atoms with E-state index in [1.807, 2.05) is 0 Å². The molecular weight excluding hydrogens is 611 g/mol. The first-order valence-electron chi connectivity index (χ1n) is 13.4. The largest absolute Gasteiger partial charge is 0.864 e. The van der Waals surface area contributed by atoms with E-state index in [0.717, 1.165) is 0 Å². The van der Waals surface area contributed by atoms with Crippen molar-refractivity contribution in [3.63, 3.8) is 0 Å². The molecule has 0 fully saturated rings. The Bertz CT molecular complexity index is 1310. The zero-order chi connectivity index (χ0) is 34.0. The molecular formula is C30H39BO15. The number of benzene rings is 3. The van der Waals surface area contributed by atoms with Crippen LogP contribution >= 0.6 is 0 Å². The van der Waals surface area contributed by atoms with Gasteiger partial charge in [-0.3, -0.25) is 0 Å². The Labute approximate surface area is 268 Å². The molecule has 3 aromatic carbocycles. The van der Waals surface area contributed by atoms with Gasteiger partial charge in [-0.2, -0.15) is 0 Å². The first-order chi connectivity index (χ1) is 22.3. The Morgan fingerprint density at radius 1 is 0.261 bits per heavy atom. The van der Waals surface area contributed by atoms with Crippen LogP contribution in [-0.4, -0.2) is 92.6 Å². The van der Waals surface area contributed by atoms with Crippen molar-refractivity contribution >= 4 is 7.32 Å². The molecule has 0 aliphatic heterocycles. The maximum absolute atomic E-state index is 6.31. The molecule has 0 heterocycles. The molecule has 3 rings (SSSR count). The minimum atomic E-state index is -1.62. The topological polar surface area (TPSA) is 138 Å². The van der Waals surface area contributed by atoms with Gasteiger partial charge in [0.25, 0.3) is 0 Å². The SMILES string of the molecule is COc1cc(OB(Oc2cc(OC)c(OC)c(OC)c2OC)Oc2cc(OC)c(OC)c(OC)c2OC)c(OC)c(OC)c1OC. The molecule has 0 aliphatic carbocycles. The summed E-state index contributed by atoms with van der Waals surface area (Å²) in [6, 6.07) is 4.54. The van der Waals surface area contributed by atoms with Gasteiger partial charge in [-0.05, 0) is 0 Å². The van der Waals surface area contributed by atoms with Gasteiger partial charge < -0.3 is 70.8 Å². The Morgan fingerprint density at radius 3 is 0.630 bits per heavy atom. The van der Waals surface area contributed by atoms with E-state index in [9.17, 15) is 0 Å². The molecule has 0 bridgehead atoms. The van der Waals surface area contributed by atoms with Gasteiger partial charge in [0.1, 0.15) is 0 Å². The number of methoxy groups -OCH3 is 12. The zero-order valence-electron chi connectivity index (χ0n) is 27.9. The smallest absolute Gasteiger partial charge is 0.493 e. The maximum atomic E-state index is 6.31. The molecule has 0 saturated heterocycles. The van der Waals surface area contributed by atoms with Crippen LogP contribution in [0, 0.1) is 0 Å². The van der Waals surface area contributed by atoms with Gasteiger partial charge in [-0.15, -0.1) is 0 Å². The summed E-state index contributed by atoms with van der Waals surface area (Å²) >= 11 is 0. The van der Waals surface area contributed by atoms with Crippen LogP contribution < -0.4 is 70.8 Å². The van der Waals surface area contributed by atoms with Crippen molar-refractivity contribution in [3.8, 4) is 86.2 Å². The van der Waals surface area contributed by atoms with Crippen LogP contribution in [0.15, 0.2) is 18.2 Å². The van der Waals surface area contributed by atoms with Crippen molar-refractivity contribution in [1.29, 1.82) is 0 Å². The molecule has 0 saturated carbocycles. The van der Waals surface area contributed by atoms with E-state index in [2.05, 4.69) is 0 Å². The van der Waals surface area contributed by atoms with E-state index >= 15 is 0 Å². The maximum Gasteiger partial charge on any atom is 0.864 e. The molecule has 46 heavy (non-hydrogen) atoms. The van der Waals surface area contributed by atoms with Gasteiger partial charge in [0.15, 0.2) is 34.5 Å². The number of hydrogen-bond acceptors (Lipinski definition) is 15. The standard InChI is InChI=1S/C30H39BO15/c1-32-16-13-19(25(38-7)28(41-10)22(16)35-4)44-31(45-20-14-17(33-2)23(36-5)29(42-11)26(20)39-8)46-21-15-18(34-3)24(37-6)30(43-12)27(21)40-9/h13-15H,1-12H3. The van der Waals surface area contributed by atoms with Crippen molar-refractivity contribution < 1.29 is 70.8 Å². The predicted molar refractivity (Wildman–Crippen MR) is 166 cm³/mol. The van der Waals surface area contributed by atoms with Gasteiger partial charge in [0, 0.05) is 18.2 Å². The molecule has 16 heteroatoms. The van der Waals surface area contributed by atoms with E-state index in [1.54, 1.807) is 0 Å². The van der Waals surface area contributed by atoms with Crippen LogP contribution in [0.1, 0.15) is 0 Å². The Kier molecular flexibility index (Phi) is 12.4. The molecule has 15 nitrogen and oxygen atoms in total. The van der Waals surface area contributed by atoms with Crippen molar-refractivity contribution in [1.82, 2.24) is 0 Å². The summed E-state index contributed by atoms with van der Waals surface area (Å²) in [5, 5.41) is 0. The van der Waals surface area contributed by atoms with Crippen LogP contribution in [-0.2, 0) is 0 Å². The second kappa shape index (κ2) is 16.2. The van der Waals surface area contributed by atoms with Crippen LogP contribution in [0.2, 0.25) is 0 Å². The molecule has 0 amide bonds. The first-order valence-corrected chi connectivity index (χ1v) is 13.4. The quantitative estimate of drug-likeness (QED) is 0.181. The highest BCUT2D eigenvalue weighted by molar-refractivity contribution is 6.40. The molecule has 0 radical (unpaired) electrons. The summed E-state index contributed by atoms with van der Waals surface area (Å²) < 4.78 is 85.7. The Hall–Kier alpha value is -5.28. The molecule has 0 N–H and O–H groups in total. The van der Waals surface area contributed by atoms with E-state index in [0.29, 0.717) is 0 Å². The van der Waals surface area contributed by atoms with Gasteiger partial charge in [-0.25, -0.2) is 0 Å². The second-order valence-electron chi connectivity index (χ2n) is 8.67. The summed E-state index contributed by atoms with van der Waals surface area (Å²) in [5.74, 6) is 2.86. The average Bonchev–Trinajstić information content (AvgIpc) is 3.09. The summed E-state index contributed by atoms with van der Waals surface area (Å²) in [5.41, 5.74) is 0. The lowest BCUT2D eigenvalue weighted by atomic mass is 10.1. The molecule has 252 valence electrons. The predicted octanol–water partition coefficient (Wildman–Crippen LogP) is 4.31. The second-order valence-corrected chi connectivity index (χ2v) is 8.67. The molecule has 0 unspecified atom stereocenters. The Balaban J connectivity index is 2.31. The van der Waals surface area contributed by atoms with Crippen LogP contribution in [0.3, 0.4) is 0 Å². The highest BCUT2D eigenvalue weighted by Crippen LogP contribution is 2.53. The van der Waals surface area contributed by atoms with Gasteiger partial charge >= 0.3 is 7.32 Å². The number of rotatable bonds is 18. The summed E-state index contributed by atoms with van der Waals surface area (Å²) in [6.07, 6.45) is 0. The first kappa shape index (κ1) is 35.2. The van der Waals surface area contributed by atoms with E-state index in [1.165, 1.54) is 104 Å². The highest BCUT2D eigenvalue weighted by atomic mass is 16.7. The van der Waals surface area contributed by atoms with Gasteiger partial charge in [0.2, 0.25) is 51.7 Å². The van der Waals surface area contributed by atoms with Crippen LogP contribution in [0.25, 0.3) is 0 Å². The number of ether oxygens (including phenoxy) is 12. The fraction of sp³-hybridized carbons (Fsp3) is 0.400. The molecule has 0 aromatic heterocycles. The van der Waals surface area contributed by atoms with E-state index < -0.39 is 7.32 Å². The third kappa shape index (κ3) is 6.70. The minimum absolute atomic E-state index is 0.0832. The Morgan fingerprint density at radius 2 is 0.457 bits per heavy atom. The summed E-state index contributed by atoms with van der Waals surface area (Å²) in [6.45, 7) is 0. The normalized spacial score (nSPS) is 10.2. The van der Waals surface area contributed by atoms with Gasteiger partial charge in [-0.1, -0.05) is 0 Å². The summed E-state index contributed by atoms with van der Waals surface area (Å²) in [7, 11) is 15.7.